The Labute approximate surface area is 245 Å². The van der Waals surface area contributed by atoms with Crippen molar-refractivity contribution in [1.82, 2.24) is 29.7 Å². The zero-order valence-corrected chi connectivity index (χ0v) is 23.8. The van der Waals surface area contributed by atoms with Gasteiger partial charge >= 0.3 is 0 Å². The van der Waals surface area contributed by atoms with Crippen LogP contribution in [0, 0.1) is 11.8 Å². The highest BCUT2D eigenvalue weighted by Gasteiger charge is 2.40. The van der Waals surface area contributed by atoms with Crippen LogP contribution in [0.15, 0.2) is 60.9 Å². The number of likely N-dealkylation sites (tertiary alicyclic amines) is 2. The summed E-state index contributed by atoms with van der Waals surface area (Å²) in [6.07, 6.45) is 11.9. The van der Waals surface area contributed by atoms with E-state index in [9.17, 15) is 9.59 Å². The van der Waals surface area contributed by atoms with Gasteiger partial charge in [-0.25, -0.2) is 9.97 Å². The van der Waals surface area contributed by atoms with E-state index < -0.39 is 0 Å². The first-order valence-electron chi connectivity index (χ1n) is 15.5. The molecule has 8 rings (SSSR count). The summed E-state index contributed by atoms with van der Waals surface area (Å²) in [6.45, 7) is 1.68. The number of carbonyl (C=O) groups excluding carboxylic acids is 2. The molecule has 4 fully saturated rings. The molecule has 0 bridgehead atoms. The molecule has 0 unspecified atom stereocenters. The molecule has 8 nitrogen and oxygen atoms in total. The fraction of sp³-hybridized carbons (Fsp3) is 0.412. The number of nitrogens with zero attached hydrogens (tertiary/aromatic N) is 4. The second-order valence-electron chi connectivity index (χ2n) is 12.4. The molecule has 4 aromatic rings. The van der Waals surface area contributed by atoms with Gasteiger partial charge in [0.05, 0.1) is 35.9 Å². The fourth-order valence-electron chi connectivity index (χ4n) is 6.75. The van der Waals surface area contributed by atoms with E-state index in [0.717, 1.165) is 110 Å². The van der Waals surface area contributed by atoms with Gasteiger partial charge in [0, 0.05) is 24.9 Å². The van der Waals surface area contributed by atoms with E-state index in [-0.39, 0.29) is 23.9 Å². The molecule has 0 radical (unpaired) electrons. The van der Waals surface area contributed by atoms with Crippen molar-refractivity contribution in [2.75, 3.05) is 13.1 Å². The Kier molecular flexibility index (Phi) is 6.23. The van der Waals surface area contributed by atoms with Crippen LogP contribution in [0.5, 0.6) is 0 Å². The van der Waals surface area contributed by atoms with Crippen LogP contribution >= 0.6 is 0 Å². The summed E-state index contributed by atoms with van der Waals surface area (Å²) in [4.78, 5) is 45.9. The van der Waals surface area contributed by atoms with Crippen LogP contribution in [0.3, 0.4) is 0 Å². The minimum Gasteiger partial charge on any atom is -0.340 e. The number of imidazole rings is 2. The fourth-order valence-corrected chi connectivity index (χ4v) is 6.75. The lowest BCUT2D eigenvalue weighted by Crippen LogP contribution is -2.32. The minimum atomic E-state index is 0.0675. The Morgan fingerprint density at radius 3 is 1.33 bits per heavy atom. The third kappa shape index (κ3) is 4.72. The van der Waals surface area contributed by atoms with Crippen LogP contribution in [0.1, 0.15) is 75.1 Å². The zero-order chi connectivity index (χ0) is 28.2. The maximum Gasteiger partial charge on any atom is 0.226 e. The molecule has 4 aliphatic rings. The van der Waals surface area contributed by atoms with Crippen molar-refractivity contribution < 1.29 is 9.59 Å². The summed E-state index contributed by atoms with van der Waals surface area (Å²) in [5.74, 6) is 2.89. The van der Waals surface area contributed by atoms with E-state index in [1.54, 1.807) is 0 Å². The number of aromatic nitrogens is 4. The highest BCUT2D eigenvalue weighted by molar-refractivity contribution is 5.82. The van der Waals surface area contributed by atoms with Gasteiger partial charge in [0.25, 0.3) is 0 Å². The zero-order valence-electron chi connectivity index (χ0n) is 23.8. The number of rotatable bonds is 7. The Morgan fingerprint density at radius 2 is 0.952 bits per heavy atom. The van der Waals surface area contributed by atoms with Crippen molar-refractivity contribution in [2.45, 2.75) is 63.5 Å². The molecule has 214 valence electrons. The van der Waals surface area contributed by atoms with Gasteiger partial charge in [-0.1, -0.05) is 48.5 Å². The summed E-state index contributed by atoms with van der Waals surface area (Å²) in [5.41, 5.74) is 6.41. The average Bonchev–Trinajstić information content (AvgIpc) is 3.77. The molecule has 0 spiro atoms. The summed E-state index contributed by atoms with van der Waals surface area (Å²) in [7, 11) is 0. The van der Waals surface area contributed by atoms with Crippen LogP contribution in [-0.2, 0) is 9.59 Å². The number of H-pyrrole nitrogens is 2. The SMILES string of the molecule is O=C(C1CC1)N1CCC[C@H]1c1ncc(-c2ccc(-c3ccc(-c4cnc([C@@H]5CCCN5C(=O)C5CC5)[nH]4)cc3)cc2)[nH]1. The Morgan fingerprint density at radius 1 is 0.571 bits per heavy atom. The van der Waals surface area contributed by atoms with Crippen LogP contribution in [0.25, 0.3) is 33.6 Å². The molecule has 2 amide bonds. The summed E-state index contributed by atoms with van der Waals surface area (Å²) >= 11 is 0. The molecule has 2 aromatic carbocycles. The Balaban J connectivity index is 0.946. The van der Waals surface area contributed by atoms with Gasteiger partial charge in [0.2, 0.25) is 11.8 Å². The van der Waals surface area contributed by atoms with Crippen molar-refractivity contribution in [2.24, 2.45) is 11.8 Å². The van der Waals surface area contributed by atoms with Crippen LogP contribution < -0.4 is 0 Å². The molecule has 2 N–H and O–H groups in total. The molecule has 2 aliphatic heterocycles. The van der Waals surface area contributed by atoms with Crippen LogP contribution in [-0.4, -0.2) is 54.6 Å². The molecular formula is C34H36N6O2. The van der Waals surface area contributed by atoms with Gasteiger partial charge in [-0.05, 0) is 73.6 Å². The van der Waals surface area contributed by atoms with Crippen molar-refractivity contribution in [3.8, 4) is 33.6 Å². The van der Waals surface area contributed by atoms with Gasteiger partial charge in [0.15, 0.2) is 0 Å². The maximum atomic E-state index is 12.7. The van der Waals surface area contributed by atoms with Gasteiger partial charge in [-0.3, -0.25) is 9.59 Å². The average molecular weight is 561 g/mol. The van der Waals surface area contributed by atoms with Crippen molar-refractivity contribution in [1.29, 1.82) is 0 Å². The predicted octanol–water partition coefficient (Wildman–Crippen LogP) is 6.28. The quantitative estimate of drug-likeness (QED) is 0.278. The van der Waals surface area contributed by atoms with Crippen LogP contribution in [0.2, 0.25) is 0 Å². The van der Waals surface area contributed by atoms with Gasteiger partial charge in [-0.2, -0.15) is 0 Å². The number of benzene rings is 2. The second kappa shape index (κ2) is 10.3. The lowest BCUT2D eigenvalue weighted by molar-refractivity contribution is -0.134. The Hall–Kier alpha value is -4.20. The molecule has 2 aliphatic carbocycles. The summed E-state index contributed by atoms with van der Waals surface area (Å²) in [5, 5.41) is 0. The molecule has 2 atom stereocenters. The molecule has 42 heavy (non-hydrogen) atoms. The summed E-state index contributed by atoms with van der Waals surface area (Å²) < 4.78 is 0. The van der Waals surface area contributed by atoms with E-state index in [1.165, 1.54) is 0 Å². The van der Waals surface area contributed by atoms with Gasteiger partial charge in [-0.15, -0.1) is 0 Å². The standard InChI is InChI=1S/C34H36N6O2/c41-33(25-13-14-25)39-17-1-3-29(39)31-35-19-27(37-31)23-9-5-21(6-10-23)22-7-11-24(12-8-22)28-20-36-32(38-28)30-4-2-18-40(30)34(42)26-15-16-26/h5-12,19-20,25-26,29-30H,1-4,13-18H2,(H,35,37)(H,36,38)/t29-,30-/m0/s1. The van der Waals surface area contributed by atoms with E-state index in [0.29, 0.717) is 11.8 Å². The van der Waals surface area contributed by atoms with Gasteiger partial charge in [0.1, 0.15) is 11.6 Å². The highest BCUT2D eigenvalue weighted by Crippen LogP contribution is 2.40. The lowest BCUT2D eigenvalue weighted by Gasteiger charge is -2.23. The van der Waals surface area contributed by atoms with E-state index >= 15 is 0 Å². The molecule has 4 heterocycles. The monoisotopic (exact) mass is 560 g/mol. The number of hydrogen-bond donors (Lipinski definition) is 2. The lowest BCUT2D eigenvalue weighted by atomic mass is 10.0. The highest BCUT2D eigenvalue weighted by atomic mass is 16.2. The third-order valence-electron chi connectivity index (χ3n) is 9.47. The maximum absolute atomic E-state index is 12.7. The normalized spacial score (nSPS) is 22.2. The smallest absolute Gasteiger partial charge is 0.226 e. The van der Waals surface area contributed by atoms with Crippen molar-refractivity contribution >= 4 is 11.8 Å². The molecular weight excluding hydrogens is 524 g/mol. The number of hydrogen-bond acceptors (Lipinski definition) is 4. The van der Waals surface area contributed by atoms with E-state index in [4.69, 9.17) is 0 Å². The van der Waals surface area contributed by atoms with Crippen molar-refractivity contribution in [3.05, 3.63) is 72.6 Å². The molecule has 2 saturated carbocycles. The van der Waals surface area contributed by atoms with Crippen molar-refractivity contribution in [3.63, 3.8) is 0 Å². The number of aromatic amines is 2. The van der Waals surface area contributed by atoms with E-state index in [2.05, 4.69) is 68.5 Å². The molecule has 2 saturated heterocycles. The number of amides is 2. The molecule has 8 heteroatoms. The summed E-state index contributed by atoms with van der Waals surface area (Å²) in [6, 6.07) is 17.2. The first-order valence-corrected chi connectivity index (χ1v) is 15.5. The molecule has 2 aromatic heterocycles. The first-order chi connectivity index (χ1) is 20.6. The predicted molar refractivity (Wildman–Crippen MR) is 160 cm³/mol. The number of carbonyl (C=O) groups is 2. The third-order valence-corrected chi connectivity index (χ3v) is 9.47. The Bertz CT molecular complexity index is 1490. The largest absolute Gasteiger partial charge is 0.340 e. The number of nitrogens with one attached hydrogen (secondary N) is 2. The first kappa shape index (κ1) is 25.5. The van der Waals surface area contributed by atoms with Crippen LogP contribution in [0.4, 0.5) is 0 Å². The minimum absolute atomic E-state index is 0.0675. The van der Waals surface area contributed by atoms with E-state index in [1.807, 2.05) is 22.2 Å². The topological polar surface area (TPSA) is 98.0 Å². The van der Waals surface area contributed by atoms with Gasteiger partial charge < -0.3 is 19.8 Å². The second-order valence-corrected chi connectivity index (χ2v) is 12.4.